The Morgan fingerprint density at radius 3 is 2.23 bits per heavy atom. The molecule has 1 aromatic heterocycles. The van der Waals surface area contributed by atoms with E-state index < -0.39 is 22.7 Å². The average Bonchev–Trinajstić information content (AvgIpc) is 2.62. The minimum absolute atomic E-state index is 0.00302. The fourth-order valence-corrected chi connectivity index (χ4v) is 2.98. The monoisotopic (exact) mass is 437 g/mol. The Morgan fingerprint density at radius 1 is 1.07 bits per heavy atom. The van der Waals surface area contributed by atoms with Gasteiger partial charge in [-0.25, -0.2) is 9.97 Å². The highest BCUT2D eigenvalue weighted by Crippen LogP contribution is 2.36. The molecule has 0 aliphatic heterocycles. The van der Waals surface area contributed by atoms with Gasteiger partial charge >= 0.3 is 6.18 Å². The molecule has 0 spiro atoms. The molecule has 0 unspecified atom stereocenters. The van der Waals surface area contributed by atoms with Crippen LogP contribution >= 0.6 is 11.6 Å². The van der Waals surface area contributed by atoms with Crippen LogP contribution in [0.15, 0.2) is 30.3 Å². The number of fused-ring (bicyclic) bond motifs is 1. The second-order valence-electron chi connectivity index (χ2n) is 7.12. The highest BCUT2D eigenvalue weighted by atomic mass is 35.5. The van der Waals surface area contributed by atoms with Crippen LogP contribution in [-0.4, -0.2) is 22.0 Å². The van der Waals surface area contributed by atoms with Crippen molar-refractivity contribution in [2.45, 2.75) is 40.0 Å². The van der Waals surface area contributed by atoms with E-state index in [-0.39, 0.29) is 23.4 Å². The van der Waals surface area contributed by atoms with Crippen molar-refractivity contribution in [1.29, 1.82) is 0 Å². The third kappa shape index (κ3) is 4.64. The Hall–Kier alpha value is -2.87. The molecule has 1 amide bonds. The Balaban J connectivity index is 2.04. The van der Waals surface area contributed by atoms with Crippen LogP contribution in [-0.2, 0) is 6.18 Å². The molecular formula is C21H19ClF3N3O2. The predicted molar refractivity (Wildman–Crippen MR) is 109 cm³/mol. The molecule has 0 fully saturated rings. The first-order valence-corrected chi connectivity index (χ1v) is 9.47. The lowest BCUT2D eigenvalue weighted by atomic mass is 10.1. The number of halogens is 4. The summed E-state index contributed by atoms with van der Waals surface area (Å²) in [5.41, 5.74) is 1.76. The first-order valence-electron chi connectivity index (χ1n) is 9.09. The smallest absolute Gasteiger partial charge is 0.417 e. The highest BCUT2D eigenvalue weighted by molar-refractivity contribution is 6.31. The summed E-state index contributed by atoms with van der Waals surface area (Å²) in [6.45, 7) is 7.37. The lowest BCUT2D eigenvalue weighted by Gasteiger charge is -2.15. The number of nitrogens with zero attached hydrogens (tertiary/aromatic N) is 2. The van der Waals surface area contributed by atoms with E-state index in [0.29, 0.717) is 11.0 Å². The van der Waals surface area contributed by atoms with Crippen LogP contribution in [0.25, 0.3) is 11.0 Å². The van der Waals surface area contributed by atoms with Gasteiger partial charge in [0, 0.05) is 5.69 Å². The molecule has 0 bridgehead atoms. The van der Waals surface area contributed by atoms with Crippen LogP contribution in [0.3, 0.4) is 0 Å². The third-order valence-electron chi connectivity index (χ3n) is 4.34. The van der Waals surface area contributed by atoms with Crippen LogP contribution in [0.2, 0.25) is 5.02 Å². The topological polar surface area (TPSA) is 64.1 Å². The number of aryl methyl sites for hydroxylation is 2. The molecule has 0 atom stereocenters. The molecule has 1 N–H and O–H groups in total. The van der Waals surface area contributed by atoms with Crippen molar-refractivity contribution < 1.29 is 22.7 Å². The van der Waals surface area contributed by atoms with Crippen LogP contribution < -0.4 is 10.1 Å². The molecule has 0 saturated carbocycles. The fourth-order valence-electron chi connectivity index (χ4n) is 2.76. The first kappa shape index (κ1) is 21.8. The number of carbonyl (C=O) groups excluding carboxylic acids is 1. The summed E-state index contributed by atoms with van der Waals surface area (Å²) in [4.78, 5) is 21.6. The van der Waals surface area contributed by atoms with Crippen LogP contribution in [0.1, 0.15) is 41.0 Å². The zero-order valence-corrected chi connectivity index (χ0v) is 17.4. The van der Waals surface area contributed by atoms with E-state index in [2.05, 4.69) is 15.3 Å². The molecule has 0 aliphatic carbocycles. The maximum Gasteiger partial charge on any atom is 0.417 e. The van der Waals surface area contributed by atoms with E-state index >= 15 is 0 Å². The fraction of sp³-hybridized carbons (Fsp3) is 0.286. The molecule has 0 aliphatic rings. The number of alkyl halides is 3. The van der Waals surface area contributed by atoms with Gasteiger partial charge in [-0.3, -0.25) is 4.79 Å². The maximum atomic E-state index is 13.1. The van der Waals surface area contributed by atoms with Gasteiger partial charge < -0.3 is 10.1 Å². The predicted octanol–water partition coefficient (Wildman–Crippen LogP) is 5.96. The number of carbonyl (C=O) groups is 1. The summed E-state index contributed by atoms with van der Waals surface area (Å²) in [5, 5.41) is 1.96. The van der Waals surface area contributed by atoms with Gasteiger partial charge in [-0.2, -0.15) is 13.2 Å². The molecule has 9 heteroatoms. The zero-order valence-electron chi connectivity index (χ0n) is 16.7. The van der Waals surface area contributed by atoms with Gasteiger partial charge in [-0.1, -0.05) is 11.6 Å². The standard InChI is InChI=1S/C21H19ClF3N3O2/c1-10(2)30-20-18(27-16-7-11(3)12(4)8-17(16)28-20)19(29)26-13-5-6-15(22)14(9-13)21(23,24)25/h5-10H,1-4H3,(H,26,29). The van der Waals surface area contributed by atoms with E-state index in [1.807, 2.05) is 19.9 Å². The number of benzene rings is 2. The summed E-state index contributed by atoms with van der Waals surface area (Å²) in [6, 6.07) is 6.74. The van der Waals surface area contributed by atoms with Crippen molar-refractivity contribution in [1.82, 2.24) is 9.97 Å². The number of hydrogen-bond donors (Lipinski definition) is 1. The zero-order chi connectivity index (χ0) is 22.2. The van der Waals surface area contributed by atoms with Gasteiger partial charge in [0.25, 0.3) is 5.91 Å². The van der Waals surface area contributed by atoms with Gasteiger partial charge in [0.15, 0.2) is 5.69 Å². The summed E-state index contributed by atoms with van der Waals surface area (Å²) in [5.74, 6) is -0.739. The van der Waals surface area contributed by atoms with Crippen LogP contribution in [0.4, 0.5) is 18.9 Å². The lowest BCUT2D eigenvalue weighted by molar-refractivity contribution is -0.137. The molecule has 3 aromatic rings. The van der Waals surface area contributed by atoms with Crippen molar-refractivity contribution in [3.05, 3.63) is 57.7 Å². The number of amides is 1. The Morgan fingerprint density at radius 2 is 1.67 bits per heavy atom. The largest absolute Gasteiger partial charge is 0.473 e. The Kier molecular flexibility index (Phi) is 5.90. The number of nitrogens with one attached hydrogen (secondary N) is 1. The summed E-state index contributed by atoms with van der Waals surface area (Å²) in [6.07, 6.45) is -4.94. The van der Waals surface area contributed by atoms with E-state index in [0.717, 1.165) is 23.3 Å². The SMILES string of the molecule is Cc1cc2nc(OC(C)C)c(C(=O)Nc3ccc(Cl)c(C(F)(F)F)c3)nc2cc1C. The normalized spacial score (nSPS) is 11.8. The number of ether oxygens (including phenoxy) is 1. The van der Waals surface area contributed by atoms with Crippen molar-refractivity contribution in [3.63, 3.8) is 0 Å². The van der Waals surface area contributed by atoms with Crippen molar-refractivity contribution in [2.75, 3.05) is 5.32 Å². The van der Waals surface area contributed by atoms with Gasteiger partial charge in [-0.05, 0) is 69.2 Å². The van der Waals surface area contributed by atoms with E-state index in [4.69, 9.17) is 16.3 Å². The molecule has 5 nitrogen and oxygen atoms in total. The van der Waals surface area contributed by atoms with Crippen LogP contribution in [0.5, 0.6) is 5.88 Å². The minimum Gasteiger partial charge on any atom is -0.473 e. The molecule has 30 heavy (non-hydrogen) atoms. The minimum atomic E-state index is -4.65. The number of anilines is 1. The number of hydrogen-bond acceptors (Lipinski definition) is 4. The van der Waals surface area contributed by atoms with Crippen molar-refractivity contribution in [2.24, 2.45) is 0 Å². The summed E-state index contributed by atoms with van der Waals surface area (Å²) in [7, 11) is 0. The van der Waals surface area contributed by atoms with Crippen LogP contribution in [0, 0.1) is 13.8 Å². The Labute approximate surface area is 176 Å². The second-order valence-corrected chi connectivity index (χ2v) is 7.52. The quantitative estimate of drug-likeness (QED) is 0.547. The molecule has 158 valence electrons. The van der Waals surface area contributed by atoms with E-state index in [9.17, 15) is 18.0 Å². The van der Waals surface area contributed by atoms with Gasteiger partial charge in [-0.15, -0.1) is 0 Å². The number of aromatic nitrogens is 2. The number of rotatable bonds is 4. The third-order valence-corrected chi connectivity index (χ3v) is 4.67. The highest BCUT2D eigenvalue weighted by Gasteiger charge is 2.33. The summed E-state index contributed by atoms with van der Waals surface area (Å²) >= 11 is 5.63. The van der Waals surface area contributed by atoms with Crippen molar-refractivity contribution in [3.8, 4) is 5.88 Å². The molecule has 1 heterocycles. The van der Waals surface area contributed by atoms with Crippen molar-refractivity contribution >= 4 is 34.2 Å². The lowest BCUT2D eigenvalue weighted by Crippen LogP contribution is -2.19. The second kappa shape index (κ2) is 8.10. The van der Waals surface area contributed by atoms with E-state index in [1.54, 1.807) is 19.9 Å². The maximum absolute atomic E-state index is 13.1. The molecule has 3 rings (SSSR count). The van der Waals surface area contributed by atoms with Gasteiger partial charge in [0.1, 0.15) is 0 Å². The van der Waals surface area contributed by atoms with E-state index in [1.165, 1.54) is 6.07 Å². The average molecular weight is 438 g/mol. The molecule has 0 radical (unpaired) electrons. The molecule has 0 saturated heterocycles. The Bertz CT molecular complexity index is 1130. The van der Waals surface area contributed by atoms with Gasteiger partial charge in [0.05, 0.1) is 27.7 Å². The summed E-state index contributed by atoms with van der Waals surface area (Å²) < 4.78 is 45.0. The molecule has 2 aromatic carbocycles. The first-order chi connectivity index (χ1) is 14.0. The molecular weight excluding hydrogens is 419 g/mol. The van der Waals surface area contributed by atoms with Gasteiger partial charge in [0.2, 0.25) is 5.88 Å².